The van der Waals surface area contributed by atoms with Gasteiger partial charge in [-0.25, -0.2) is 4.79 Å². The molecule has 0 saturated carbocycles. The fourth-order valence-corrected chi connectivity index (χ4v) is 1.11. The first-order valence-corrected chi connectivity index (χ1v) is 4.02. The van der Waals surface area contributed by atoms with Gasteiger partial charge in [-0.1, -0.05) is 30.3 Å². The van der Waals surface area contributed by atoms with Crippen LogP contribution in [-0.4, -0.2) is 13.1 Å². The van der Waals surface area contributed by atoms with Gasteiger partial charge in [-0.05, 0) is 12.5 Å². The van der Waals surface area contributed by atoms with E-state index in [1.165, 1.54) is 7.11 Å². The van der Waals surface area contributed by atoms with E-state index in [4.69, 9.17) is 5.73 Å². The number of nitrogens with two attached hydrogens (primary N) is 1. The molecule has 0 radical (unpaired) electrons. The summed E-state index contributed by atoms with van der Waals surface area (Å²) in [5, 5.41) is 0. The van der Waals surface area contributed by atoms with Gasteiger partial charge in [0.1, 0.15) is 5.54 Å². The van der Waals surface area contributed by atoms with Crippen molar-refractivity contribution in [2.45, 2.75) is 12.5 Å². The molecular weight excluding hydrogens is 202 g/mol. The van der Waals surface area contributed by atoms with Crippen molar-refractivity contribution in [3.8, 4) is 0 Å². The van der Waals surface area contributed by atoms with Crippen LogP contribution in [0.15, 0.2) is 30.3 Å². The van der Waals surface area contributed by atoms with E-state index >= 15 is 0 Å². The maximum Gasteiger partial charge on any atom is 0.330 e. The van der Waals surface area contributed by atoms with E-state index in [1.54, 1.807) is 19.1 Å². The SMILES string of the molecule is COC(=O)C(C)(N)c1ccccc1.Cl. The maximum absolute atomic E-state index is 11.3. The number of esters is 1. The van der Waals surface area contributed by atoms with E-state index in [0.717, 1.165) is 5.56 Å². The number of carbonyl (C=O) groups is 1. The molecule has 1 rings (SSSR count). The monoisotopic (exact) mass is 215 g/mol. The Bertz CT molecular complexity index is 298. The molecule has 0 aliphatic carbocycles. The highest BCUT2D eigenvalue weighted by Gasteiger charge is 2.31. The van der Waals surface area contributed by atoms with Crippen molar-refractivity contribution in [2.24, 2.45) is 5.73 Å². The Morgan fingerprint density at radius 3 is 2.29 bits per heavy atom. The number of ether oxygens (including phenoxy) is 1. The molecule has 0 amide bonds. The molecule has 0 aliphatic rings. The van der Waals surface area contributed by atoms with Crippen molar-refractivity contribution in [2.75, 3.05) is 7.11 Å². The van der Waals surface area contributed by atoms with E-state index in [9.17, 15) is 4.79 Å². The fraction of sp³-hybridized carbons (Fsp3) is 0.300. The molecule has 1 atom stereocenters. The number of hydrogen-bond donors (Lipinski definition) is 1. The lowest BCUT2D eigenvalue weighted by Gasteiger charge is -2.21. The van der Waals surface area contributed by atoms with Crippen molar-refractivity contribution in [1.29, 1.82) is 0 Å². The van der Waals surface area contributed by atoms with E-state index in [-0.39, 0.29) is 12.4 Å². The van der Waals surface area contributed by atoms with Gasteiger partial charge in [0.2, 0.25) is 0 Å². The predicted octanol–water partition coefficient (Wildman–Crippen LogP) is 1.46. The predicted molar refractivity (Wildman–Crippen MR) is 57.2 cm³/mol. The minimum atomic E-state index is -1.06. The van der Waals surface area contributed by atoms with E-state index in [1.807, 2.05) is 18.2 Å². The average Bonchev–Trinajstić information content (AvgIpc) is 2.18. The van der Waals surface area contributed by atoms with Gasteiger partial charge in [-0.2, -0.15) is 0 Å². The first-order valence-electron chi connectivity index (χ1n) is 4.02. The summed E-state index contributed by atoms with van der Waals surface area (Å²) >= 11 is 0. The first-order chi connectivity index (χ1) is 6.09. The molecule has 1 unspecified atom stereocenters. The largest absolute Gasteiger partial charge is 0.467 e. The average molecular weight is 216 g/mol. The van der Waals surface area contributed by atoms with Crippen molar-refractivity contribution >= 4 is 18.4 Å². The highest BCUT2D eigenvalue weighted by Crippen LogP contribution is 2.18. The number of benzene rings is 1. The molecule has 2 N–H and O–H groups in total. The number of methoxy groups -OCH3 is 1. The molecule has 0 spiro atoms. The van der Waals surface area contributed by atoms with E-state index < -0.39 is 11.5 Å². The minimum Gasteiger partial charge on any atom is -0.467 e. The van der Waals surface area contributed by atoms with Crippen LogP contribution < -0.4 is 5.73 Å². The van der Waals surface area contributed by atoms with Gasteiger partial charge in [0.05, 0.1) is 7.11 Å². The zero-order valence-corrected chi connectivity index (χ0v) is 9.01. The standard InChI is InChI=1S/C10H13NO2.ClH/c1-10(11,9(12)13-2)8-6-4-3-5-7-8;/h3-7H,11H2,1-2H3;1H. The molecule has 0 saturated heterocycles. The quantitative estimate of drug-likeness (QED) is 0.760. The first kappa shape index (κ1) is 12.9. The van der Waals surface area contributed by atoms with Gasteiger partial charge in [-0.15, -0.1) is 12.4 Å². The maximum atomic E-state index is 11.3. The molecule has 14 heavy (non-hydrogen) atoms. The molecule has 0 fully saturated rings. The Morgan fingerprint density at radius 1 is 1.36 bits per heavy atom. The van der Waals surface area contributed by atoms with E-state index in [2.05, 4.69) is 4.74 Å². The Morgan fingerprint density at radius 2 is 1.86 bits per heavy atom. The van der Waals surface area contributed by atoms with Crippen LogP contribution in [0.2, 0.25) is 0 Å². The third-order valence-electron chi connectivity index (χ3n) is 1.98. The van der Waals surface area contributed by atoms with Crippen LogP contribution in [0.5, 0.6) is 0 Å². The molecular formula is C10H14ClNO2. The van der Waals surface area contributed by atoms with Gasteiger partial charge in [0.15, 0.2) is 0 Å². The zero-order valence-electron chi connectivity index (χ0n) is 8.19. The van der Waals surface area contributed by atoms with E-state index in [0.29, 0.717) is 0 Å². The third kappa shape index (κ3) is 2.47. The van der Waals surface area contributed by atoms with Crippen LogP contribution >= 0.6 is 12.4 Å². The Hall–Kier alpha value is -1.06. The Kier molecular flexibility index (Phi) is 4.60. The smallest absolute Gasteiger partial charge is 0.330 e. The number of carbonyl (C=O) groups excluding carboxylic acids is 1. The van der Waals surface area contributed by atoms with Gasteiger partial charge in [0.25, 0.3) is 0 Å². The van der Waals surface area contributed by atoms with Crippen LogP contribution in [-0.2, 0) is 15.1 Å². The van der Waals surface area contributed by atoms with Crippen LogP contribution in [0.3, 0.4) is 0 Å². The summed E-state index contributed by atoms with van der Waals surface area (Å²) in [6.45, 7) is 1.63. The van der Waals surface area contributed by atoms with Gasteiger partial charge in [-0.3, -0.25) is 0 Å². The topological polar surface area (TPSA) is 52.3 Å². The lowest BCUT2D eigenvalue weighted by molar-refractivity contribution is -0.146. The second-order valence-corrected chi connectivity index (χ2v) is 3.06. The lowest BCUT2D eigenvalue weighted by atomic mass is 9.94. The second-order valence-electron chi connectivity index (χ2n) is 3.06. The fourth-order valence-electron chi connectivity index (χ4n) is 1.11. The molecule has 0 heterocycles. The normalized spacial score (nSPS) is 13.6. The highest BCUT2D eigenvalue weighted by molar-refractivity contribution is 5.85. The molecule has 0 bridgehead atoms. The second kappa shape index (κ2) is 4.98. The molecule has 3 nitrogen and oxygen atoms in total. The summed E-state index contributed by atoms with van der Waals surface area (Å²) in [4.78, 5) is 11.3. The minimum absolute atomic E-state index is 0. The third-order valence-corrected chi connectivity index (χ3v) is 1.98. The summed E-state index contributed by atoms with van der Waals surface area (Å²) in [5.74, 6) is -0.432. The van der Waals surface area contributed by atoms with Crippen LogP contribution in [0.25, 0.3) is 0 Å². The van der Waals surface area contributed by atoms with Crippen LogP contribution in [0.1, 0.15) is 12.5 Å². The van der Waals surface area contributed by atoms with Gasteiger partial charge in [0, 0.05) is 0 Å². The summed E-state index contributed by atoms with van der Waals surface area (Å²) < 4.78 is 4.61. The van der Waals surface area contributed by atoms with Crippen molar-refractivity contribution < 1.29 is 9.53 Å². The van der Waals surface area contributed by atoms with Gasteiger partial charge >= 0.3 is 5.97 Å². The Labute approximate surface area is 89.7 Å². The zero-order chi connectivity index (χ0) is 9.90. The molecule has 4 heteroatoms. The highest BCUT2D eigenvalue weighted by atomic mass is 35.5. The molecule has 78 valence electrons. The van der Waals surface area contributed by atoms with Crippen LogP contribution in [0, 0.1) is 0 Å². The summed E-state index contributed by atoms with van der Waals surface area (Å²) in [7, 11) is 1.33. The molecule has 0 aliphatic heterocycles. The number of hydrogen-bond acceptors (Lipinski definition) is 3. The lowest BCUT2D eigenvalue weighted by Crippen LogP contribution is -2.42. The molecule has 1 aromatic rings. The Balaban J connectivity index is 0.00000169. The molecule has 1 aromatic carbocycles. The van der Waals surface area contributed by atoms with Crippen molar-refractivity contribution in [1.82, 2.24) is 0 Å². The molecule has 0 aromatic heterocycles. The number of halogens is 1. The van der Waals surface area contributed by atoms with Crippen LogP contribution in [0.4, 0.5) is 0 Å². The summed E-state index contributed by atoms with van der Waals surface area (Å²) in [6, 6.07) is 9.15. The van der Waals surface area contributed by atoms with Crippen molar-refractivity contribution in [3.05, 3.63) is 35.9 Å². The van der Waals surface area contributed by atoms with Crippen molar-refractivity contribution in [3.63, 3.8) is 0 Å². The summed E-state index contributed by atoms with van der Waals surface area (Å²) in [6.07, 6.45) is 0. The number of rotatable bonds is 2. The summed E-state index contributed by atoms with van der Waals surface area (Å²) in [5.41, 5.74) is 5.51. The van der Waals surface area contributed by atoms with Gasteiger partial charge < -0.3 is 10.5 Å².